The number of hydrogen-bond acceptors (Lipinski definition) is 3. The van der Waals surface area contributed by atoms with Crippen LogP contribution < -0.4 is 5.32 Å². The van der Waals surface area contributed by atoms with E-state index in [0.717, 1.165) is 25.2 Å². The summed E-state index contributed by atoms with van der Waals surface area (Å²) in [5, 5.41) is 2.94. The Kier molecular flexibility index (Phi) is 3.05. The quantitative estimate of drug-likeness (QED) is 0.851. The van der Waals surface area contributed by atoms with Crippen LogP contribution >= 0.6 is 0 Å². The maximum absolute atomic E-state index is 12.3. The summed E-state index contributed by atoms with van der Waals surface area (Å²) in [7, 11) is 1.81. The minimum Gasteiger partial charge on any atom is -0.373 e. The van der Waals surface area contributed by atoms with Crippen molar-refractivity contribution in [3.8, 4) is 0 Å². The summed E-state index contributed by atoms with van der Waals surface area (Å²) in [6.45, 7) is 5.08. The van der Waals surface area contributed by atoms with Crippen LogP contribution in [0, 0.1) is 0 Å². The van der Waals surface area contributed by atoms with Gasteiger partial charge in [-0.05, 0) is 38.8 Å². The number of carbonyl (C=O) groups is 1. The SMILES string of the molecule is CNc1ccc(C(=O)N2CCCC2(C)C)cn1. The standard InChI is InChI=1S/C13H19N3O/c1-13(2)7-4-8-16(13)12(17)10-5-6-11(14-3)15-9-10/h5-6,9H,4,7-8H2,1-3H3,(H,14,15). The number of anilines is 1. The summed E-state index contributed by atoms with van der Waals surface area (Å²) < 4.78 is 0. The van der Waals surface area contributed by atoms with Crippen LogP contribution in [-0.2, 0) is 0 Å². The van der Waals surface area contributed by atoms with Crippen LogP contribution in [0.15, 0.2) is 18.3 Å². The molecule has 4 heteroatoms. The first-order valence-electron chi connectivity index (χ1n) is 6.00. The second-order valence-corrected chi connectivity index (χ2v) is 5.05. The van der Waals surface area contributed by atoms with Gasteiger partial charge in [-0.3, -0.25) is 4.79 Å². The number of nitrogens with zero attached hydrogens (tertiary/aromatic N) is 2. The van der Waals surface area contributed by atoms with Crippen LogP contribution in [-0.4, -0.2) is 34.9 Å². The smallest absolute Gasteiger partial charge is 0.255 e. The molecule has 17 heavy (non-hydrogen) atoms. The predicted molar refractivity (Wildman–Crippen MR) is 68.1 cm³/mol. The average Bonchev–Trinajstić information content (AvgIpc) is 2.68. The Labute approximate surface area is 102 Å². The summed E-state index contributed by atoms with van der Waals surface area (Å²) in [6, 6.07) is 3.66. The number of carbonyl (C=O) groups excluding carboxylic acids is 1. The molecule has 0 radical (unpaired) electrons. The van der Waals surface area contributed by atoms with Crippen molar-refractivity contribution in [3.63, 3.8) is 0 Å². The molecule has 2 rings (SSSR count). The highest BCUT2D eigenvalue weighted by Gasteiger charge is 2.35. The minimum absolute atomic E-state index is 0.0290. The highest BCUT2D eigenvalue weighted by Crippen LogP contribution is 2.29. The lowest BCUT2D eigenvalue weighted by molar-refractivity contribution is 0.0651. The van der Waals surface area contributed by atoms with Crippen molar-refractivity contribution in [1.82, 2.24) is 9.88 Å². The number of aromatic nitrogens is 1. The topological polar surface area (TPSA) is 45.2 Å². The predicted octanol–water partition coefficient (Wildman–Crippen LogP) is 2.14. The number of nitrogens with one attached hydrogen (secondary N) is 1. The Bertz CT molecular complexity index is 411. The molecule has 0 saturated carbocycles. The molecule has 1 amide bonds. The molecule has 1 N–H and O–H groups in total. The van der Waals surface area contributed by atoms with Gasteiger partial charge in [0.1, 0.15) is 5.82 Å². The fourth-order valence-electron chi connectivity index (χ4n) is 2.31. The molecule has 92 valence electrons. The van der Waals surface area contributed by atoms with Crippen LogP contribution in [0.3, 0.4) is 0 Å². The number of rotatable bonds is 2. The summed E-state index contributed by atoms with van der Waals surface area (Å²) in [5.41, 5.74) is 0.637. The minimum atomic E-state index is -0.0290. The molecular weight excluding hydrogens is 214 g/mol. The molecule has 1 aromatic rings. The lowest BCUT2D eigenvalue weighted by Gasteiger charge is -2.31. The third-order valence-corrected chi connectivity index (χ3v) is 3.41. The van der Waals surface area contributed by atoms with Gasteiger partial charge in [0.2, 0.25) is 0 Å². The Balaban J connectivity index is 2.19. The van der Waals surface area contributed by atoms with E-state index in [1.54, 1.807) is 6.20 Å². The molecule has 0 unspecified atom stereocenters. The molecule has 1 aromatic heterocycles. The first kappa shape index (κ1) is 11.9. The Morgan fingerprint density at radius 1 is 1.47 bits per heavy atom. The molecule has 1 fully saturated rings. The Morgan fingerprint density at radius 2 is 2.24 bits per heavy atom. The van der Waals surface area contributed by atoms with Gasteiger partial charge in [0.05, 0.1) is 5.56 Å². The number of likely N-dealkylation sites (tertiary alicyclic amines) is 1. The molecule has 1 aliphatic rings. The molecule has 4 nitrogen and oxygen atoms in total. The highest BCUT2D eigenvalue weighted by atomic mass is 16.2. The maximum Gasteiger partial charge on any atom is 0.255 e. The maximum atomic E-state index is 12.3. The zero-order valence-electron chi connectivity index (χ0n) is 10.7. The van der Waals surface area contributed by atoms with E-state index >= 15 is 0 Å². The van der Waals surface area contributed by atoms with Crippen molar-refractivity contribution >= 4 is 11.7 Å². The highest BCUT2D eigenvalue weighted by molar-refractivity contribution is 5.94. The lowest BCUT2D eigenvalue weighted by atomic mass is 10.0. The Hall–Kier alpha value is -1.58. The molecule has 0 spiro atoms. The van der Waals surface area contributed by atoms with E-state index in [-0.39, 0.29) is 11.4 Å². The molecule has 0 aromatic carbocycles. The van der Waals surface area contributed by atoms with Crippen molar-refractivity contribution in [2.75, 3.05) is 18.9 Å². The Morgan fingerprint density at radius 3 is 2.71 bits per heavy atom. The monoisotopic (exact) mass is 233 g/mol. The van der Waals surface area contributed by atoms with Crippen molar-refractivity contribution in [3.05, 3.63) is 23.9 Å². The van der Waals surface area contributed by atoms with Gasteiger partial charge in [-0.15, -0.1) is 0 Å². The van der Waals surface area contributed by atoms with E-state index in [0.29, 0.717) is 5.56 Å². The number of hydrogen-bond donors (Lipinski definition) is 1. The van der Waals surface area contributed by atoms with Crippen LogP contribution in [0.25, 0.3) is 0 Å². The normalized spacial score (nSPS) is 18.2. The average molecular weight is 233 g/mol. The van der Waals surface area contributed by atoms with Crippen LogP contribution in [0.2, 0.25) is 0 Å². The zero-order valence-corrected chi connectivity index (χ0v) is 10.7. The third kappa shape index (κ3) is 2.25. The van der Waals surface area contributed by atoms with E-state index in [9.17, 15) is 4.79 Å². The number of pyridine rings is 1. The van der Waals surface area contributed by atoms with Crippen LogP contribution in [0.5, 0.6) is 0 Å². The van der Waals surface area contributed by atoms with Gasteiger partial charge in [-0.2, -0.15) is 0 Å². The van der Waals surface area contributed by atoms with E-state index < -0.39 is 0 Å². The van der Waals surface area contributed by atoms with E-state index in [2.05, 4.69) is 24.1 Å². The summed E-state index contributed by atoms with van der Waals surface area (Å²) >= 11 is 0. The second-order valence-electron chi connectivity index (χ2n) is 5.05. The largest absolute Gasteiger partial charge is 0.373 e. The fourth-order valence-corrected chi connectivity index (χ4v) is 2.31. The van der Waals surface area contributed by atoms with Crippen molar-refractivity contribution in [2.45, 2.75) is 32.2 Å². The van der Waals surface area contributed by atoms with Gasteiger partial charge in [-0.25, -0.2) is 4.98 Å². The molecule has 1 aliphatic heterocycles. The molecule has 2 heterocycles. The van der Waals surface area contributed by atoms with Gasteiger partial charge in [0.15, 0.2) is 0 Å². The van der Waals surface area contributed by atoms with E-state index in [1.165, 1.54) is 0 Å². The van der Waals surface area contributed by atoms with Gasteiger partial charge >= 0.3 is 0 Å². The van der Waals surface area contributed by atoms with Gasteiger partial charge in [-0.1, -0.05) is 0 Å². The molecule has 0 atom stereocenters. The zero-order chi connectivity index (χ0) is 12.5. The molecular formula is C13H19N3O. The van der Waals surface area contributed by atoms with E-state index in [1.807, 2.05) is 24.1 Å². The summed E-state index contributed by atoms with van der Waals surface area (Å²) in [5.74, 6) is 0.866. The van der Waals surface area contributed by atoms with Crippen molar-refractivity contribution < 1.29 is 4.79 Å². The van der Waals surface area contributed by atoms with Gasteiger partial charge < -0.3 is 10.2 Å². The first-order valence-corrected chi connectivity index (χ1v) is 6.00. The number of amides is 1. The lowest BCUT2D eigenvalue weighted by Crippen LogP contribution is -2.42. The summed E-state index contributed by atoms with van der Waals surface area (Å²) in [6.07, 6.45) is 3.80. The third-order valence-electron chi connectivity index (χ3n) is 3.41. The van der Waals surface area contributed by atoms with Crippen molar-refractivity contribution in [2.24, 2.45) is 0 Å². The molecule has 0 bridgehead atoms. The van der Waals surface area contributed by atoms with Gasteiger partial charge in [0, 0.05) is 25.3 Å². The van der Waals surface area contributed by atoms with Crippen LogP contribution in [0.1, 0.15) is 37.0 Å². The molecule has 1 saturated heterocycles. The van der Waals surface area contributed by atoms with E-state index in [4.69, 9.17) is 0 Å². The first-order chi connectivity index (χ1) is 8.04. The molecule has 0 aliphatic carbocycles. The van der Waals surface area contributed by atoms with Gasteiger partial charge in [0.25, 0.3) is 5.91 Å². The summed E-state index contributed by atoms with van der Waals surface area (Å²) in [4.78, 5) is 18.5. The fraction of sp³-hybridized carbons (Fsp3) is 0.538. The second kappa shape index (κ2) is 4.35. The van der Waals surface area contributed by atoms with Crippen molar-refractivity contribution in [1.29, 1.82) is 0 Å². The van der Waals surface area contributed by atoms with Crippen LogP contribution in [0.4, 0.5) is 5.82 Å².